The first-order chi connectivity index (χ1) is 8.49. The highest BCUT2D eigenvalue weighted by Gasteiger charge is 2.14. The van der Waals surface area contributed by atoms with Crippen LogP contribution in [0.3, 0.4) is 0 Å². The number of hydrogen-bond acceptors (Lipinski definition) is 3. The second kappa shape index (κ2) is 5.78. The van der Waals surface area contributed by atoms with Crippen molar-refractivity contribution >= 4 is 56.2 Å². The fourth-order valence-electron chi connectivity index (χ4n) is 1.67. The van der Waals surface area contributed by atoms with Gasteiger partial charge in [0.05, 0.1) is 11.7 Å². The number of hydrogen-bond donors (Lipinski definition) is 1. The van der Waals surface area contributed by atoms with Crippen LogP contribution < -0.4 is 5.32 Å². The highest BCUT2D eigenvalue weighted by molar-refractivity contribution is 9.10. The van der Waals surface area contributed by atoms with Gasteiger partial charge in [0, 0.05) is 9.35 Å². The summed E-state index contributed by atoms with van der Waals surface area (Å²) in [6.45, 7) is 4.04. The van der Waals surface area contributed by atoms with Crippen molar-refractivity contribution in [2.75, 3.05) is 5.32 Å². The lowest BCUT2D eigenvalue weighted by Gasteiger charge is -2.17. The van der Waals surface area contributed by atoms with E-state index in [9.17, 15) is 0 Å². The minimum atomic E-state index is 0.151. The SMILES string of the molecule is Cc1cc(Cl)nc(Cl)c1NC(C)c1sccc1Br. The Bertz CT molecular complexity index is 548. The fraction of sp³-hybridized carbons (Fsp3) is 0.250. The number of anilines is 1. The predicted octanol–water partition coefficient (Wildman–Crippen LogP) is 5.69. The van der Waals surface area contributed by atoms with Crippen LogP contribution in [-0.2, 0) is 0 Å². The van der Waals surface area contributed by atoms with Crippen LogP contribution in [0, 0.1) is 6.92 Å². The van der Waals surface area contributed by atoms with Crippen LogP contribution in [0.1, 0.15) is 23.4 Å². The van der Waals surface area contributed by atoms with Crippen LogP contribution in [-0.4, -0.2) is 4.98 Å². The molecule has 0 aliphatic heterocycles. The summed E-state index contributed by atoms with van der Waals surface area (Å²) in [6, 6.07) is 3.98. The third-order valence-electron chi connectivity index (χ3n) is 2.54. The second-order valence-electron chi connectivity index (χ2n) is 3.93. The van der Waals surface area contributed by atoms with E-state index in [1.165, 1.54) is 4.88 Å². The molecule has 1 atom stereocenters. The summed E-state index contributed by atoms with van der Waals surface area (Å²) < 4.78 is 1.10. The van der Waals surface area contributed by atoms with E-state index in [0.29, 0.717) is 10.3 Å². The zero-order chi connectivity index (χ0) is 13.3. The standard InChI is InChI=1S/C12H11BrCl2N2S/c1-6-5-9(14)17-12(15)10(6)16-7(2)11-8(13)3-4-18-11/h3-5,7,16H,1-2H3. The van der Waals surface area contributed by atoms with Gasteiger partial charge in [0.2, 0.25) is 0 Å². The number of thiophene rings is 1. The number of nitrogens with one attached hydrogen (secondary N) is 1. The van der Waals surface area contributed by atoms with E-state index >= 15 is 0 Å². The number of rotatable bonds is 3. The molecule has 2 aromatic rings. The summed E-state index contributed by atoms with van der Waals surface area (Å²) in [5.74, 6) is 0. The summed E-state index contributed by atoms with van der Waals surface area (Å²) in [7, 11) is 0. The molecule has 0 amide bonds. The number of halogens is 3. The van der Waals surface area contributed by atoms with Crippen molar-refractivity contribution in [3.05, 3.63) is 42.7 Å². The summed E-state index contributed by atoms with van der Waals surface area (Å²) in [4.78, 5) is 5.27. The third-order valence-corrected chi connectivity index (χ3v) is 5.06. The van der Waals surface area contributed by atoms with Crippen molar-refractivity contribution in [1.29, 1.82) is 0 Å². The van der Waals surface area contributed by atoms with E-state index in [0.717, 1.165) is 15.7 Å². The summed E-state index contributed by atoms with van der Waals surface area (Å²) in [5, 5.41) is 6.24. The van der Waals surface area contributed by atoms with Gasteiger partial charge in [-0.2, -0.15) is 0 Å². The molecule has 1 unspecified atom stereocenters. The zero-order valence-electron chi connectivity index (χ0n) is 9.80. The van der Waals surface area contributed by atoms with Crippen molar-refractivity contribution in [3.63, 3.8) is 0 Å². The van der Waals surface area contributed by atoms with Crippen molar-refractivity contribution in [2.45, 2.75) is 19.9 Å². The monoisotopic (exact) mass is 364 g/mol. The molecule has 2 rings (SSSR count). The van der Waals surface area contributed by atoms with Gasteiger partial charge in [-0.15, -0.1) is 11.3 Å². The Hall–Kier alpha value is -0.290. The van der Waals surface area contributed by atoms with Crippen LogP contribution in [0.4, 0.5) is 5.69 Å². The van der Waals surface area contributed by atoms with Crippen LogP contribution in [0.2, 0.25) is 10.3 Å². The van der Waals surface area contributed by atoms with E-state index in [2.05, 4.69) is 33.2 Å². The number of nitrogens with zero attached hydrogens (tertiary/aromatic N) is 1. The van der Waals surface area contributed by atoms with Crippen LogP contribution in [0.5, 0.6) is 0 Å². The molecule has 18 heavy (non-hydrogen) atoms. The molecule has 2 heterocycles. The number of aryl methyl sites for hydroxylation is 1. The van der Waals surface area contributed by atoms with Gasteiger partial charge >= 0.3 is 0 Å². The van der Waals surface area contributed by atoms with Crippen molar-refractivity contribution in [3.8, 4) is 0 Å². The van der Waals surface area contributed by atoms with Crippen LogP contribution in [0.25, 0.3) is 0 Å². The van der Waals surface area contributed by atoms with E-state index in [1.54, 1.807) is 17.4 Å². The van der Waals surface area contributed by atoms with Gasteiger partial charge in [-0.1, -0.05) is 23.2 Å². The maximum absolute atomic E-state index is 6.11. The molecule has 0 aliphatic carbocycles. The molecule has 96 valence electrons. The first kappa shape index (κ1) is 14.1. The van der Waals surface area contributed by atoms with Gasteiger partial charge in [0.15, 0.2) is 5.15 Å². The van der Waals surface area contributed by atoms with Crippen LogP contribution in [0.15, 0.2) is 22.0 Å². The first-order valence-electron chi connectivity index (χ1n) is 5.31. The maximum Gasteiger partial charge on any atom is 0.154 e. The summed E-state index contributed by atoms with van der Waals surface area (Å²) >= 11 is 17.2. The van der Waals surface area contributed by atoms with E-state index in [1.807, 2.05) is 18.4 Å². The topological polar surface area (TPSA) is 24.9 Å². The zero-order valence-corrected chi connectivity index (χ0v) is 13.7. The molecule has 2 nitrogen and oxygen atoms in total. The van der Waals surface area contributed by atoms with Gasteiger partial charge in [0.1, 0.15) is 5.15 Å². The second-order valence-corrected chi connectivity index (χ2v) is 6.47. The molecule has 0 saturated carbocycles. The molecule has 0 aromatic carbocycles. The minimum Gasteiger partial charge on any atom is -0.375 e. The Kier molecular flexibility index (Phi) is 4.54. The van der Waals surface area contributed by atoms with Crippen molar-refractivity contribution in [2.24, 2.45) is 0 Å². The Morgan fingerprint density at radius 3 is 2.72 bits per heavy atom. The van der Waals surface area contributed by atoms with Gasteiger partial charge in [-0.05, 0) is 52.9 Å². The van der Waals surface area contributed by atoms with Gasteiger partial charge in [-0.25, -0.2) is 4.98 Å². The number of pyridine rings is 1. The molecule has 0 saturated heterocycles. The molecule has 0 spiro atoms. The molecular formula is C12H11BrCl2N2S. The minimum absolute atomic E-state index is 0.151. The van der Waals surface area contributed by atoms with Crippen molar-refractivity contribution in [1.82, 2.24) is 4.98 Å². The normalized spacial score (nSPS) is 12.5. The molecule has 1 N–H and O–H groups in total. The van der Waals surface area contributed by atoms with Crippen LogP contribution >= 0.6 is 50.5 Å². The van der Waals surface area contributed by atoms with Gasteiger partial charge in [-0.3, -0.25) is 0 Å². The van der Waals surface area contributed by atoms with Gasteiger partial charge < -0.3 is 5.32 Å². The average Bonchev–Trinajstić information content (AvgIpc) is 2.69. The Morgan fingerprint density at radius 1 is 1.44 bits per heavy atom. The smallest absolute Gasteiger partial charge is 0.154 e. The lowest BCUT2D eigenvalue weighted by molar-refractivity contribution is 0.898. The van der Waals surface area contributed by atoms with Gasteiger partial charge in [0.25, 0.3) is 0 Å². The lowest BCUT2D eigenvalue weighted by atomic mass is 10.2. The Balaban J connectivity index is 2.27. The van der Waals surface area contributed by atoms with E-state index in [4.69, 9.17) is 23.2 Å². The highest BCUT2D eigenvalue weighted by Crippen LogP contribution is 2.34. The first-order valence-corrected chi connectivity index (χ1v) is 7.74. The lowest BCUT2D eigenvalue weighted by Crippen LogP contribution is -2.08. The van der Waals surface area contributed by atoms with E-state index in [-0.39, 0.29) is 6.04 Å². The molecule has 2 aromatic heterocycles. The summed E-state index contributed by atoms with van der Waals surface area (Å²) in [6.07, 6.45) is 0. The molecule has 6 heteroatoms. The number of aromatic nitrogens is 1. The molecular weight excluding hydrogens is 355 g/mol. The molecule has 0 aliphatic rings. The highest BCUT2D eigenvalue weighted by atomic mass is 79.9. The van der Waals surface area contributed by atoms with E-state index < -0.39 is 0 Å². The Labute approximate surface area is 128 Å². The maximum atomic E-state index is 6.11. The third kappa shape index (κ3) is 2.99. The molecule has 0 bridgehead atoms. The molecule has 0 fully saturated rings. The molecule has 0 radical (unpaired) electrons. The quantitative estimate of drug-likeness (QED) is 0.706. The largest absolute Gasteiger partial charge is 0.375 e. The van der Waals surface area contributed by atoms with Crippen molar-refractivity contribution < 1.29 is 0 Å². The predicted molar refractivity (Wildman–Crippen MR) is 83.1 cm³/mol. The summed E-state index contributed by atoms with van der Waals surface area (Å²) in [5.41, 5.74) is 1.81. The average molecular weight is 366 g/mol. The Morgan fingerprint density at radius 2 is 2.17 bits per heavy atom. The fourth-order valence-corrected chi connectivity index (χ4v) is 3.98.